The molecule has 16 heavy (non-hydrogen) atoms. The second-order valence-corrected chi connectivity index (χ2v) is 4.78. The molecular weight excluding hydrogens is 224 g/mol. The Labute approximate surface area is 99.0 Å². The van der Waals surface area contributed by atoms with Crippen LogP contribution >= 0.6 is 11.3 Å². The molecule has 0 spiro atoms. The van der Waals surface area contributed by atoms with Crippen LogP contribution < -0.4 is 5.73 Å². The van der Waals surface area contributed by atoms with Gasteiger partial charge >= 0.3 is 0 Å². The number of ether oxygens (including phenoxy) is 1. The van der Waals surface area contributed by atoms with Crippen LogP contribution in [0.2, 0.25) is 0 Å². The Hall–Kier alpha value is -0.910. The van der Waals surface area contributed by atoms with Crippen LogP contribution in [-0.4, -0.2) is 37.1 Å². The fourth-order valence-electron chi connectivity index (χ4n) is 1.80. The van der Waals surface area contributed by atoms with Crippen molar-refractivity contribution in [3.05, 3.63) is 21.9 Å². The van der Waals surface area contributed by atoms with E-state index >= 15 is 0 Å². The summed E-state index contributed by atoms with van der Waals surface area (Å²) in [7, 11) is 0. The highest BCUT2D eigenvalue weighted by atomic mass is 32.1. The van der Waals surface area contributed by atoms with E-state index in [1.165, 1.54) is 10.4 Å². The predicted molar refractivity (Wildman–Crippen MR) is 63.3 cm³/mol. The van der Waals surface area contributed by atoms with E-state index in [1.807, 2.05) is 4.90 Å². The molecule has 0 aliphatic carbocycles. The maximum absolute atomic E-state index is 11.8. The number of nitrogens with zero attached hydrogens (tertiary/aromatic N) is 1. The number of amides is 1. The Morgan fingerprint density at radius 3 is 3.31 bits per heavy atom. The summed E-state index contributed by atoms with van der Waals surface area (Å²) in [5.41, 5.74) is 6.57. The summed E-state index contributed by atoms with van der Waals surface area (Å²) in [6.45, 7) is 2.59. The molecule has 0 aromatic carbocycles. The molecule has 1 aliphatic heterocycles. The second kappa shape index (κ2) is 5.43. The summed E-state index contributed by atoms with van der Waals surface area (Å²) in [4.78, 5) is 15.0. The summed E-state index contributed by atoms with van der Waals surface area (Å²) < 4.78 is 5.15. The van der Waals surface area contributed by atoms with Crippen molar-refractivity contribution in [2.24, 2.45) is 5.73 Å². The molecule has 1 aromatic heterocycles. The molecule has 0 atom stereocenters. The van der Waals surface area contributed by atoms with Crippen LogP contribution in [0.1, 0.15) is 10.4 Å². The van der Waals surface area contributed by atoms with Gasteiger partial charge in [-0.15, -0.1) is 11.3 Å². The molecule has 2 rings (SSSR count). The summed E-state index contributed by atoms with van der Waals surface area (Å²) in [6.07, 6.45) is 0.968. The van der Waals surface area contributed by atoms with E-state index in [4.69, 9.17) is 10.5 Å². The minimum Gasteiger partial charge on any atom is -0.370 e. The highest BCUT2D eigenvalue weighted by Crippen LogP contribution is 2.23. The van der Waals surface area contributed by atoms with Crippen molar-refractivity contribution < 1.29 is 9.53 Å². The monoisotopic (exact) mass is 240 g/mol. The van der Waals surface area contributed by atoms with Crippen molar-refractivity contribution in [3.63, 3.8) is 0 Å². The van der Waals surface area contributed by atoms with Gasteiger partial charge in [-0.25, -0.2) is 0 Å². The minimum atomic E-state index is 0.0605. The molecule has 88 valence electrons. The molecule has 0 saturated heterocycles. The summed E-state index contributed by atoms with van der Waals surface area (Å²) in [5.74, 6) is 0.0605. The van der Waals surface area contributed by atoms with Crippen LogP contribution in [0.15, 0.2) is 11.4 Å². The number of hydrogen-bond donors (Lipinski definition) is 1. The number of hydrogen-bond acceptors (Lipinski definition) is 4. The third-order valence-corrected chi connectivity index (χ3v) is 3.67. The smallest absolute Gasteiger partial charge is 0.248 e. The molecule has 1 amide bonds. The van der Waals surface area contributed by atoms with Gasteiger partial charge in [-0.05, 0) is 23.4 Å². The second-order valence-electron chi connectivity index (χ2n) is 3.78. The minimum absolute atomic E-state index is 0.0605. The van der Waals surface area contributed by atoms with E-state index in [0.29, 0.717) is 13.2 Å². The van der Waals surface area contributed by atoms with Crippen LogP contribution in [0.3, 0.4) is 0 Å². The van der Waals surface area contributed by atoms with E-state index < -0.39 is 0 Å². The van der Waals surface area contributed by atoms with Gasteiger partial charge in [0.25, 0.3) is 0 Å². The van der Waals surface area contributed by atoms with Crippen molar-refractivity contribution in [1.82, 2.24) is 4.90 Å². The lowest BCUT2D eigenvalue weighted by Gasteiger charge is -2.26. The van der Waals surface area contributed by atoms with Gasteiger partial charge in [-0.2, -0.15) is 0 Å². The van der Waals surface area contributed by atoms with E-state index in [9.17, 15) is 4.79 Å². The van der Waals surface area contributed by atoms with Crippen molar-refractivity contribution in [2.75, 3.05) is 26.3 Å². The first-order valence-electron chi connectivity index (χ1n) is 5.42. The Morgan fingerprint density at radius 1 is 1.62 bits per heavy atom. The lowest BCUT2D eigenvalue weighted by atomic mass is 10.1. The number of fused-ring (bicyclic) bond motifs is 1. The van der Waals surface area contributed by atoms with Gasteiger partial charge < -0.3 is 15.4 Å². The number of carbonyl (C=O) groups is 1. The lowest BCUT2D eigenvalue weighted by molar-refractivity contribution is -0.136. The highest BCUT2D eigenvalue weighted by Gasteiger charge is 2.20. The molecule has 0 unspecified atom stereocenters. The van der Waals surface area contributed by atoms with Crippen LogP contribution in [0, 0.1) is 0 Å². The van der Waals surface area contributed by atoms with Gasteiger partial charge in [-0.3, -0.25) is 4.79 Å². The third-order valence-electron chi connectivity index (χ3n) is 2.65. The predicted octanol–water partition coefficient (Wildman–Crippen LogP) is 0.608. The van der Waals surface area contributed by atoms with Gasteiger partial charge in [-0.1, -0.05) is 0 Å². The van der Waals surface area contributed by atoms with Gasteiger partial charge in [0.1, 0.15) is 6.61 Å². The molecule has 1 aromatic rings. The standard InChI is InChI=1S/C11H16N2O2S/c12-3-5-15-8-11(14)13-4-1-10-9(7-13)2-6-16-10/h2,6H,1,3-5,7-8,12H2. The van der Waals surface area contributed by atoms with Gasteiger partial charge in [0.15, 0.2) is 0 Å². The lowest BCUT2D eigenvalue weighted by Crippen LogP contribution is -2.38. The molecule has 2 N–H and O–H groups in total. The molecule has 0 radical (unpaired) electrons. The van der Waals surface area contributed by atoms with E-state index in [1.54, 1.807) is 11.3 Å². The zero-order valence-corrected chi connectivity index (χ0v) is 9.96. The third kappa shape index (κ3) is 2.61. The number of nitrogens with two attached hydrogens (primary N) is 1. The largest absolute Gasteiger partial charge is 0.370 e. The molecule has 5 heteroatoms. The molecule has 0 saturated carbocycles. The van der Waals surface area contributed by atoms with Crippen molar-refractivity contribution in [2.45, 2.75) is 13.0 Å². The first-order chi connectivity index (χ1) is 7.81. The molecular formula is C11H16N2O2S. The zero-order chi connectivity index (χ0) is 11.4. The van der Waals surface area contributed by atoms with Crippen LogP contribution in [0.5, 0.6) is 0 Å². The van der Waals surface area contributed by atoms with Crippen LogP contribution in [0.4, 0.5) is 0 Å². The van der Waals surface area contributed by atoms with E-state index in [-0.39, 0.29) is 12.5 Å². The summed E-state index contributed by atoms with van der Waals surface area (Å²) >= 11 is 1.77. The van der Waals surface area contributed by atoms with Crippen molar-refractivity contribution in [3.8, 4) is 0 Å². The van der Waals surface area contributed by atoms with Gasteiger partial charge in [0.05, 0.1) is 6.61 Å². The van der Waals surface area contributed by atoms with E-state index in [2.05, 4.69) is 11.4 Å². The van der Waals surface area contributed by atoms with Gasteiger partial charge in [0.2, 0.25) is 5.91 Å². The Balaban J connectivity index is 1.86. The fraction of sp³-hybridized carbons (Fsp3) is 0.545. The Kier molecular flexibility index (Phi) is 3.93. The van der Waals surface area contributed by atoms with Crippen molar-refractivity contribution >= 4 is 17.2 Å². The first-order valence-corrected chi connectivity index (χ1v) is 6.30. The van der Waals surface area contributed by atoms with Gasteiger partial charge in [0, 0.05) is 24.5 Å². The normalized spacial score (nSPS) is 14.9. The molecule has 1 aliphatic rings. The van der Waals surface area contributed by atoms with Crippen LogP contribution in [-0.2, 0) is 22.5 Å². The van der Waals surface area contributed by atoms with E-state index in [0.717, 1.165) is 19.5 Å². The zero-order valence-electron chi connectivity index (χ0n) is 9.15. The maximum atomic E-state index is 11.8. The molecule has 0 bridgehead atoms. The Morgan fingerprint density at radius 2 is 2.50 bits per heavy atom. The average Bonchev–Trinajstić information content (AvgIpc) is 2.76. The summed E-state index contributed by atoms with van der Waals surface area (Å²) in [6, 6.07) is 2.10. The summed E-state index contributed by atoms with van der Waals surface area (Å²) in [5, 5.41) is 2.09. The topological polar surface area (TPSA) is 55.6 Å². The fourth-order valence-corrected chi connectivity index (χ4v) is 2.69. The Bertz CT molecular complexity index is 365. The average molecular weight is 240 g/mol. The molecule has 2 heterocycles. The maximum Gasteiger partial charge on any atom is 0.248 e. The number of carbonyl (C=O) groups excluding carboxylic acids is 1. The molecule has 4 nitrogen and oxygen atoms in total. The van der Waals surface area contributed by atoms with Crippen LogP contribution in [0.25, 0.3) is 0 Å². The first kappa shape index (κ1) is 11.6. The SMILES string of the molecule is NCCOCC(=O)N1CCc2sccc2C1. The number of thiophene rings is 1. The molecule has 0 fully saturated rings. The number of rotatable bonds is 4. The quantitative estimate of drug-likeness (QED) is 0.784. The van der Waals surface area contributed by atoms with Crippen molar-refractivity contribution in [1.29, 1.82) is 0 Å². The highest BCUT2D eigenvalue weighted by molar-refractivity contribution is 7.10.